The minimum absolute atomic E-state index is 0.0181. The molecule has 2 rings (SSSR count). The SMILES string of the molecule is CC.CC.CC.O=S(=O)(c1ccccc1)C1(F)CCNCC1. The monoisotopic (exact) mass is 333 g/mol. The molecule has 1 aliphatic heterocycles. The molecule has 1 saturated heterocycles. The maximum atomic E-state index is 14.4. The van der Waals surface area contributed by atoms with E-state index in [-0.39, 0.29) is 17.7 Å². The van der Waals surface area contributed by atoms with Gasteiger partial charge in [0.05, 0.1) is 4.90 Å². The standard InChI is InChI=1S/C11H14FNO2S.3C2H6/c12-11(6-8-13-9-7-11)16(14,15)10-4-2-1-3-5-10;3*1-2/h1-5,13H,6-9H2;3*1-2H3. The van der Waals surface area contributed by atoms with Gasteiger partial charge < -0.3 is 5.32 Å². The largest absolute Gasteiger partial charge is 0.316 e. The maximum absolute atomic E-state index is 14.4. The Morgan fingerprint density at radius 1 is 0.909 bits per heavy atom. The average molecular weight is 334 g/mol. The van der Waals surface area contributed by atoms with Gasteiger partial charge in [-0.3, -0.25) is 0 Å². The second-order valence-corrected chi connectivity index (χ2v) is 6.16. The molecule has 0 unspecified atom stereocenters. The van der Waals surface area contributed by atoms with Gasteiger partial charge in [0.1, 0.15) is 0 Å². The number of halogens is 1. The van der Waals surface area contributed by atoms with Crippen LogP contribution in [0.15, 0.2) is 35.2 Å². The molecule has 0 aromatic heterocycles. The number of sulfone groups is 1. The van der Waals surface area contributed by atoms with E-state index in [9.17, 15) is 12.8 Å². The Morgan fingerprint density at radius 3 is 1.73 bits per heavy atom. The van der Waals surface area contributed by atoms with Gasteiger partial charge in [0, 0.05) is 12.8 Å². The zero-order valence-corrected chi connectivity index (χ0v) is 15.6. The Labute approximate surface area is 136 Å². The summed E-state index contributed by atoms with van der Waals surface area (Å²) in [5, 5.41) is 0.848. The predicted octanol–water partition coefficient (Wildman–Crippen LogP) is 4.59. The minimum Gasteiger partial charge on any atom is -0.316 e. The second kappa shape index (κ2) is 12.6. The molecule has 1 aromatic rings. The lowest BCUT2D eigenvalue weighted by molar-refractivity contribution is 0.206. The quantitative estimate of drug-likeness (QED) is 0.861. The molecule has 5 heteroatoms. The van der Waals surface area contributed by atoms with Crippen LogP contribution in [0.3, 0.4) is 0 Å². The fourth-order valence-electron chi connectivity index (χ4n) is 1.88. The highest BCUT2D eigenvalue weighted by Gasteiger charge is 2.45. The predicted molar refractivity (Wildman–Crippen MR) is 93.6 cm³/mol. The number of rotatable bonds is 2. The van der Waals surface area contributed by atoms with Gasteiger partial charge >= 0.3 is 0 Å². The van der Waals surface area contributed by atoms with Crippen molar-refractivity contribution < 1.29 is 12.8 Å². The van der Waals surface area contributed by atoms with Crippen LogP contribution in [-0.2, 0) is 9.84 Å². The van der Waals surface area contributed by atoms with E-state index >= 15 is 0 Å². The lowest BCUT2D eigenvalue weighted by atomic mass is 10.1. The number of hydrogen-bond acceptors (Lipinski definition) is 3. The molecule has 1 aliphatic rings. The molecule has 0 amide bonds. The zero-order valence-electron chi connectivity index (χ0n) is 14.8. The molecule has 22 heavy (non-hydrogen) atoms. The van der Waals surface area contributed by atoms with Gasteiger partial charge in [0.25, 0.3) is 0 Å². The maximum Gasteiger partial charge on any atom is 0.217 e. The van der Waals surface area contributed by atoms with Gasteiger partial charge in [-0.25, -0.2) is 12.8 Å². The van der Waals surface area contributed by atoms with E-state index in [0.29, 0.717) is 13.1 Å². The summed E-state index contributed by atoms with van der Waals surface area (Å²) in [5.41, 5.74) is 0. The highest BCUT2D eigenvalue weighted by atomic mass is 32.2. The molecule has 0 atom stereocenters. The fraction of sp³-hybridized carbons (Fsp3) is 0.647. The van der Waals surface area contributed by atoms with Crippen LogP contribution in [-0.4, -0.2) is 26.5 Å². The molecule has 1 heterocycles. The van der Waals surface area contributed by atoms with Crippen LogP contribution in [0.5, 0.6) is 0 Å². The first-order valence-corrected chi connectivity index (χ1v) is 9.74. The molecule has 0 radical (unpaired) electrons. The van der Waals surface area contributed by atoms with Gasteiger partial charge in [-0.2, -0.15) is 0 Å². The van der Waals surface area contributed by atoms with Gasteiger partial charge in [0.2, 0.25) is 14.8 Å². The summed E-state index contributed by atoms with van der Waals surface area (Å²) in [6, 6.07) is 7.82. The Bertz CT molecular complexity index is 455. The van der Waals surface area contributed by atoms with Crippen LogP contribution in [0, 0.1) is 0 Å². The third-order valence-corrected chi connectivity index (χ3v) is 5.15. The van der Waals surface area contributed by atoms with Crippen LogP contribution in [0.2, 0.25) is 0 Å². The number of piperidine rings is 1. The van der Waals surface area contributed by atoms with Gasteiger partial charge in [0.15, 0.2) is 0 Å². The highest BCUT2D eigenvalue weighted by Crippen LogP contribution is 2.34. The molecular formula is C17H32FNO2S. The molecule has 0 saturated carbocycles. The smallest absolute Gasteiger partial charge is 0.217 e. The molecule has 0 aliphatic carbocycles. The summed E-state index contributed by atoms with van der Waals surface area (Å²) in [6.45, 7) is 12.8. The summed E-state index contributed by atoms with van der Waals surface area (Å²) >= 11 is 0. The van der Waals surface area contributed by atoms with Crippen molar-refractivity contribution >= 4 is 9.84 Å². The fourth-order valence-corrected chi connectivity index (χ4v) is 3.56. The number of hydrogen-bond donors (Lipinski definition) is 1. The normalized spacial score (nSPS) is 15.8. The van der Waals surface area contributed by atoms with E-state index in [1.807, 2.05) is 41.5 Å². The Kier molecular flexibility index (Phi) is 13.3. The van der Waals surface area contributed by atoms with Crippen molar-refractivity contribution in [3.05, 3.63) is 30.3 Å². The van der Waals surface area contributed by atoms with E-state index in [2.05, 4.69) is 5.32 Å². The summed E-state index contributed by atoms with van der Waals surface area (Å²) in [6.07, 6.45) is 0.0362. The van der Waals surface area contributed by atoms with Crippen molar-refractivity contribution in [2.75, 3.05) is 13.1 Å². The van der Waals surface area contributed by atoms with E-state index in [0.717, 1.165) is 0 Å². The molecule has 1 fully saturated rings. The third-order valence-electron chi connectivity index (χ3n) is 2.89. The van der Waals surface area contributed by atoms with E-state index < -0.39 is 14.8 Å². The lowest BCUT2D eigenvalue weighted by Crippen LogP contribution is -2.44. The van der Waals surface area contributed by atoms with Crippen molar-refractivity contribution in [2.45, 2.75) is 64.3 Å². The summed E-state index contributed by atoms with van der Waals surface area (Å²) in [7, 11) is -3.87. The van der Waals surface area contributed by atoms with Crippen molar-refractivity contribution in [1.29, 1.82) is 0 Å². The first-order chi connectivity index (χ1) is 10.6. The molecular weight excluding hydrogens is 301 g/mol. The highest BCUT2D eigenvalue weighted by molar-refractivity contribution is 7.92. The number of alkyl halides is 1. The molecule has 0 spiro atoms. The van der Waals surface area contributed by atoms with Crippen LogP contribution in [0.25, 0.3) is 0 Å². The van der Waals surface area contributed by atoms with Crippen molar-refractivity contribution in [3.63, 3.8) is 0 Å². The summed E-state index contributed by atoms with van der Waals surface area (Å²) < 4.78 is 38.6. The Balaban J connectivity index is 0. The third kappa shape index (κ3) is 6.05. The number of nitrogens with one attached hydrogen (secondary N) is 1. The zero-order chi connectivity index (χ0) is 17.6. The Hall–Kier alpha value is -0.940. The number of benzene rings is 1. The van der Waals surface area contributed by atoms with Crippen LogP contribution in [0.4, 0.5) is 4.39 Å². The molecule has 1 N–H and O–H groups in total. The molecule has 0 bridgehead atoms. The van der Waals surface area contributed by atoms with Gasteiger partial charge in [-0.15, -0.1) is 0 Å². The van der Waals surface area contributed by atoms with Crippen LogP contribution >= 0.6 is 0 Å². The van der Waals surface area contributed by atoms with E-state index in [4.69, 9.17) is 0 Å². The van der Waals surface area contributed by atoms with Crippen molar-refractivity contribution in [2.24, 2.45) is 0 Å². The van der Waals surface area contributed by atoms with Crippen molar-refractivity contribution in [1.82, 2.24) is 5.32 Å². The summed E-state index contributed by atoms with van der Waals surface area (Å²) in [4.78, 5) is 0.0689. The second-order valence-electron chi connectivity index (χ2n) is 3.95. The van der Waals surface area contributed by atoms with Crippen molar-refractivity contribution in [3.8, 4) is 0 Å². The molecule has 130 valence electrons. The van der Waals surface area contributed by atoms with Crippen LogP contribution in [0.1, 0.15) is 54.4 Å². The van der Waals surface area contributed by atoms with Crippen LogP contribution < -0.4 is 5.32 Å². The van der Waals surface area contributed by atoms with E-state index in [1.165, 1.54) is 12.1 Å². The first-order valence-electron chi connectivity index (χ1n) is 8.26. The average Bonchev–Trinajstić information content (AvgIpc) is 2.61. The molecule has 3 nitrogen and oxygen atoms in total. The van der Waals surface area contributed by atoms with Gasteiger partial charge in [-0.05, 0) is 25.2 Å². The molecule has 1 aromatic carbocycles. The first kappa shape index (κ1) is 23.3. The topological polar surface area (TPSA) is 46.2 Å². The lowest BCUT2D eigenvalue weighted by Gasteiger charge is -2.29. The van der Waals surface area contributed by atoms with Gasteiger partial charge in [-0.1, -0.05) is 59.7 Å². The Morgan fingerprint density at radius 2 is 1.32 bits per heavy atom. The van der Waals surface area contributed by atoms with E-state index in [1.54, 1.807) is 18.2 Å². The minimum atomic E-state index is -3.87. The summed E-state index contributed by atoms with van der Waals surface area (Å²) in [5.74, 6) is 0.